The second-order valence-electron chi connectivity index (χ2n) is 8.15. The molecule has 3 aromatic heterocycles. The summed E-state index contributed by atoms with van der Waals surface area (Å²) in [7, 11) is 0. The van der Waals surface area contributed by atoms with Crippen LogP contribution < -0.4 is 0 Å². The van der Waals surface area contributed by atoms with Crippen LogP contribution in [0.5, 0.6) is 0 Å². The maximum atomic E-state index is 5.11. The summed E-state index contributed by atoms with van der Waals surface area (Å²) >= 11 is 3.48. The van der Waals surface area contributed by atoms with Crippen LogP contribution in [0.15, 0.2) is 36.1 Å². The molecule has 6 heteroatoms. The van der Waals surface area contributed by atoms with E-state index in [2.05, 4.69) is 28.1 Å². The van der Waals surface area contributed by atoms with Gasteiger partial charge in [-0.1, -0.05) is 23.5 Å². The Balaban J connectivity index is 1.32. The zero-order valence-corrected chi connectivity index (χ0v) is 17.3. The van der Waals surface area contributed by atoms with Crippen molar-refractivity contribution in [3.8, 4) is 10.4 Å². The van der Waals surface area contributed by atoms with E-state index in [0.29, 0.717) is 5.92 Å². The van der Waals surface area contributed by atoms with Crippen LogP contribution >= 0.6 is 22.7 Å². The zero-order valence-electron chi connectivity index (χ0n) is 15.7. The highest BCUT2D eigenvalue weighted by Gasteiger charge is 2.28. The zero-order chi connectivity index (χ0) is 18.5. The Bertz CT molecular complexity index is 1120. The molecule has 2 aliphatic rings. The number of aromatic nitrogens is 3. The molecule has 0 radical (unpaired) electrons. The second kappa shape index (κ2) is 6.87. The van der Waals surface area contributed by atoms with Gasteiger partial charge in [-0.3, -0.25) is 4.98 Å². The lowest BCUT2D eigenvalue weighted by Gasteiger charge is -2.30. The van der Waals surface area contributed by atoms with Gasteiger partial charge in [0.25, 0.3) is 0 Å². The summed E-state index contributed by atoms with van der Waals surface area (Å²) in [5, 5.41) is 3.66. The van der Waals surface area contributed by atoms with Crippen molar-refractivity contribution in [3.05, 3.63) is 41.1 Å². The van der Waals surface area contributed by atoms with Gasteiger partial charge in [0.2, 0.25) is 0 Å². The van der Waals surface area contributed by atoms with Gasteiger partial charge in [-0.05, 0) is 56.3 Å². The van der Waals surface area contributed by atoms with Crippen molar-refractivity contribution in [2.24, 2.45) is 5.92 Å². The molecule has 4 aromatic rings. The van der Waals surface area contributed by atoms with E-state index in [-0.39, 0.29) is 0 Å². The van der Waals surface area contributed by atoms with E-state index in [1.807, 2.05) is 17.9 Å². The van der Waals surface area contributed by atoms with E-state index in [1.54, 1.807) is 22.7 Å². The number of fused-ring (bicyclic) bond motifs is 3. The minimum atomic E-state index is 0.592. The standard InChI is InChI=1S/C22H22N4S2/c1-2-14(1)12-26-7-5-15(6-8-26)21-25-20-18-9-16(19-11-23-13-27-19)3-4-17(18)10-24-22(20)28-21/h3-4,9-11,13-15H,1-2,5-8,12H2. The lowest BCUT2D eigenvalue weighted by atomic mass is 9.97. The average Bonchev–Trinajstić information content (AvgIpc) is 3.21. The summed E-state index contributed by atoms with van der Waals surface area (Å²) in [6.45, 7) is 3.76. The normalized spacial score (nSPS) is 19.0. The Labute approximate surface area is 172 Å². The molecule has 6 rings (SSSR count). The summed E-state index contributed by atoms with van der Waals surface area (Å²) in [4.78, 5) is 19.0. The Morgan fingerprint density at radius 3 is 2.75 bits per heavy atom. The molecule has 28 heavy (non-hydrogen) atoms. The quantitative estimate of drug-likeness (QED) is 0.445. The van der Waals surface area contributed by atoms with Crippen LogP contribution in [0.25, 0.3) is 31.6 Å². The van der Waals surface area contributed by atoms with Crippen LogP contribution in [0.4, 0.5) is 0 Å². The molecular weight excluding hydrogens is 384 g/mol. The molecule has 1 aliphatic carbocycles. The molecular formula is C22H22N4S2. The van der Waals surface area contributed by atoms with E-state index in [9.17, 15) is 0 Å². The monoisotopic (exact) mass is 406 g/mol. The first-order valence-electron chi connectivity index (χ1n) is 10.1. The Kier molecular flexibility index (Phi) is 4.17. The number of piperidine rings is 1. The molecule has 1 aliphatic heterocycles. The van der Waals surface area contributed by atoms with Crippen LogP contribution in [0.1, 0.15) is 36.6 Å². The molecule has 1 saturated heterocycles. The molecule has 1 saturated carbocycles. The van der Waals surface area contributed by atoms with Crippen molar-refractivity contribution < 1.29 is 0 Å². The van der Waals surface area contributed by atoms with Gasteiger partial charge in [0.05, 0.1) is 15.4 Å². The van der Waals surface area contributed by atoms with Gasteiger partial charge in [-0.2, -0.15) is 0 Å². The van der Waals surface area contributed by atoms with Crippen LogP contribution in [-0.2, 0) is 0 Å². The molecule has 142 valence electrons. The first-order chi connectivity index (χ1) is 13.8. The molecule has 0 atom stereocenters. The Hall–Kier alpha value is -1.89. The SMILES string of the molecule is c1ncc(-c2ccc3cnc4sc(C5CCN(CC6CC6)CC5)nc4c3c2)s1. The topological polar surface area (TPSA) is 41.9 Å². The second-order valence-corrected chi connectivity index (χ2v) is 10.0. The van der Waals surface area contributed by atoms with E-state index < -0.39 is 0 Å². The van der Waals surface area contributed by atoms with Crippen LogP contribution in [-0.4, -0.2) is 39.5 Å². The number of nitrogens with zero attached hydrogens (tertiary/aromatic N) is 4. The number of hydrogen-bond acceptors (Lipinski definition) is 6. The number of benzene rings is 1. The van der Waals surface area contributed by atoms with E-state index >= 15 is 0 Å². The summed E-state index contributed by atoms with van der Waals surface area (Å²) in [5.74, 6) is 1.58. The molecule has 0 amide bonds. The summed E-state index contributed by atoms with van der Waals surface area (Å²) in [5.41, 5.74) is 4.17. The van der Waals surface area contributed by atoms with Crippen molar-refractivity contribution >= 4 is 43.8 Å². The fourth-order valence-electron chi connectivity index (χ4n) is 4.31. The number of thiazole rings is 2. The van der Waals surface area contributed by atoms with Crippen LogP contribution in [0.2, 0.25) is 0 Å². The van der Waals surface area contributed by atoms with Gasteiger partial charge in [-0.25, -0.2) is 9.97 Å². The van der Waals surface area contributed by atoms with Gasteiger partial charge in [0.1, 0.15) is 10.3 Å². The number of likely N-dealkylation sites (tertiary alicyclic amines) is 1. The minimum absolute atomic E-state index is 0.592. The number of rotatable bonds is 4. The van der Waals surface area contributed by atoms with Crippen molar-refractivity contribution in [2.75, 3.05) is 19.6 Å². The molecule has 4 nitrogen and oxygen atoms in total. The maximum absolute atomic E-state index is 5.11. The van der Waals surface area contributed by atoms with Crippen LogP contribution in [0.3, 0.4) is 0 Å². The first-order valence-corrected chi connectivity index (χ1v) is 11.8. The highest BCUT2D eigenvalue weighted by Crippen LogP contribution is 2.38. The largest absolute Gasteiger partial charge is 0.303 e. The molecule has 0 N–H and O–H groups in total. The molecule has 0 spiro atoms. The Morgan fingerprint density at radius 1 is 1.07 bits per heavy atom. The lowest BCUT2D eigenvalue weighted by Crippen LogP contribution is -2.34. The minimum Gasteiger partial charge on any atom is -0.303 e. The summed E-state index contributed by atoms with van der Waals surface area (Å²) in [6, 6.07) is 6.58. The van der Waals surface area contributed by atoms with E-state index in [4.69, 9.17) is 9.97 Å². The molecule has 2 fully saturated rings. The predicted octanol–water partition coefficient (Wildman–Crippen LogP) is 5.56. The van der Waals surface area contributed by atoms with Gasteiger partial charge >= 0.3 is 0 Å². The van der Waals surface area contributed by atoms with Gasteiger partial charge in [-0.15, -0.1) is 11.3 Å². The van der Waals surface area contributed by atoms with Gasteiger partial charge in [0, 0.05) is 35.6 Å². The fraction of sp³-hybridized carbons (Fsp3) is 0.409. The van der Waals surface area contributed by atoms with Crippen molar-refractivity contribution in [3.63, 3.8) is 0 Å². The average molecular weight is 407 g/mol. The van der Waals surface area contributed by atoms with Gasteiger partial charge < -0.3 is 4.90 Å². The van der Waals surface area contributed by atoms with Crippen molar-refractivity contribution in [1.82, 2.24) is 19.9 Å². The van der Waals surface area contributed by atoms with Crippen LogP contribution in [0, 0.1) is 5.92 Å². The third kappa shape index (κ3) is 3.13. The number of pyridine rings is 1. The highest BCUT2D eigenvalue weighted by atomic mass is 32.1. The molecule has 1 aromatic carbocycles. The summed E-state index contributed by atoms with van der Waals surface area (Å²) in [6.07, 6.45) is 9.29. The smallest absolute Gasteiger partial charge is 0.144 e. The molecule has 4 heterocycles. The fourth-order valence-corrected chi connectivity index (χ4v) is 6.02. The maximum Gasteiger partial charge on any atom is 0.144 e. The van der Waals surface area contributed by atoms with Gasteiger partial charge in [0.15, 0.2) is 0 Å². The Morgan fingerprint density at radius 2 is 1.96 bits per heavy atom. The molecule has 0 bridgehead atoms. The molecule has 0 unspecified atom stereocenters. The van der Waals surface area contributed by atoms with Crippen molar-refractivity contribution in [1.29, 1.82) is 0 Å². The van der Waals surface area contributed by atoms with E-state index in [0.717, 1.165) is 21.7 Å². The summed E-state index contributed by atoms with van der Waals surface area (Å²) < 4.78 is 0. The van der Waals surface area contributed by atoms with E-state index in [1.165, 1.54) is 66.2 Å². The lowest BCUT2D eigenvalue weighted by molar-refractivity contribution is 0.204. The predicted molar refractivity (Wildman–Crippen MR) is 117 cm³/mol. The third-order valence-electron chi connectivity index (χ3n) is 6.12. The number of hydrogen-bond donors (Lipinski definition) is 0. The third-order valence-corrected chi connectivity index (χ3v) is 8.07. The highest BCUT2D eigenvalue weighted by molar-refractivity contribution is 7.18. The first kappa shape index (κ1) is 17.0. The van der Waals surface area contributed by atoms with Crippen molar-refractivity contribution in [2.45, 2.75) is 31.6 Å².